The topological polar surface area (TPSA) is 91.5 Å². The van der Waals surface area contributed by atoms with Gasteiger partial charge in [-0.25, -0.2) is 4.79 Å². The first-order valence-electron chi connectivity index (χ1n) is 6.39. The lowest BCUT2D eigenvalue weighted by molar-refractivity contribution is 0.0690. The number of carboxylic acids is 1. The number of aliphatic hydroxyl groups excluding tert-OH is 1. The predicted octanol–water partition coefficient (Wildman–Crippen LogP) is 1.55. The first-order chi connectivity index (χ1) is 10.1. The molecule has 0 aliphatic heterocycles. The highest BCUT2D eigenvalue weighted by molar-refractivity contribution is 9.10. The van der Waals surface area contributed by atoms with Crippen molar-refractivity contribution in [3.63, 3.8) is 0 Å². The molecule has 0 radical (unpaired) electrons. The van der Waals surface area contributed by atoms with Crippen molar-refractivity contribution < 1.29 is 15.0 Å². The van der Waals surface area contributed by atoms with Crippen molar-refractivity contribution in [3.8, 4) is 5.69 Å². The number of aliphatic hydroxyl groups is 1. The summed E-state index contributed by atoms with van der Waals surface area (Å²) in [5.41, 5.74) is 0.528. The van der Waals surface area contributed by atoms with Crippen molar-refractivity contribution in [2.45, 2.75) is 6.92 Å². The van der Waals surface area contributed by atoms with Crippen LogP contribution in [0, 0.1) is 0 Å². The van der Waals surface area contributed by atoms with Crippen molar-refractivity contribution in [1.29, 1.82) is 0 Å². The van der Waals surface area contributed by atoms with Crippen molar-refractivity contribution in [2.75, 3.05) is 24.6 Å². The highest BCUT2D eigenvalue weighted by Crippen LogP contribution is 2.19. The van der Waals surface area contributed by atoms with E-state index in [-0.39, 0.29) is 18.1 Å². The van der Waals surface area contributed by atoms with Crippen LogP contribution in [-0.4, -0.2) is 50.9 Å². The van der Waals surface area contributed by atoms with Crippen LogP contribution in [0.4, 0.5) is 5.82 Å². The maximum absolute atomic E-state index is 11.3. The Morgan fingerprint density at radius 2 is 2.00 bits per heavy atom. The Labute approximate surface area is 129 Å². The molecular weight excluding hydrogens is 340 g/mol. The number of aromatic nitrogens is 3. The van der Waals surface area contributed by atoms with E-state index >= 15 is 0 Å². The minimum atomic E-state index is -1.15. The SMILES string of the molecule is CCN(CCO)c1nn(-c2ccc(Br)cc2)nc1C(=O)O. The fourth-order valence-corrected chi connectivity index (χ4v) is 2.14. The molecule has 2 rings (SSSR count). The minimum Gasteiger partial charge on any atom is -0.476 e. The fraction of sp³-hybridized carbons (Fsp3) is 0.308. The summed E-state index contributed by atoms with van der Waals surface area (Å²) in [6.45, 7) is 2.60. The molecule has 0 aliphatic carbocycles. The van der Waals surface area contributed by atoms with E-state index in [2.05, 4.69) is 26.1 Å². The molecule has 8 heteroatoms. The molecule has 0 atom stereocenters. The predicted molar refractivity (Wildman–Crippen MR) is 81.0 cm³/mol. The van der Waals surface area contributed by atoms with Crippen LogP contribution in [-0.2, 0) is 0 Å². The molecule has 21 heavy (non-hydrogen) atoms. The summed E-state index contributed by atoms with van der Waals surface area (Å²) in [7, 11) is 0. The van der Waals surface area contributed by atoms with Gasteiger partial charge in [-0.1, -0.05) is 15.9 Å². The Bertz CT molecular complexity index is 627. The molecule has 0 unspecified atom stereocenters. The molecule has 2 N–H and O–H groups in total. The summed E-state index contributed by atoms with van der Waals surface area (Å²) < 4.78 is 0.910. The molecule has 0 saturated carbocycles. The summed E-state index contributed by atoms with van der Waals surface area (Å²) >= 11 is 3.34. The monoisotopic (exact) mass is 354 g/mol. The Morgan fingerprint density at radius 3 is 2.52 bits per heavy atom. The lowest BCUT2D eigenvalue weighted by Crippen LogP contribution is -2.28. The van der Waals surface area contributed by atoms with Gasteiger partial charge in [0.05, 0.1) is 12.3 Å². The van der Waals surface area contributed by atoms with E-state index in [4.69, 9.17) is 5.11 Å². The molecule has 0 saturated heterocycles. The Morgan fingerprint density at radius 1 is 1.33 bits per heavy atom. The van der Waals surface area contributed by atoms with Crippen molar-refractivity contribution in [2.24, 2.45) is 0 Å². The van der Waals surface area contributed by atoms with E-state index in [1.807, 2.05) is 19.1 Å². The number of halogens is 1. The van der Waals surface area contributed by atoms with Crippen LogP contribution >= 0.6 is 15.9 Å². The van der Waals surface area contributed by atoms with Crippen molar-refractivity contribution in [3.05, 3.63) is 34.4 Å². The molecule has 2 aromatic rings. The number of anilines is 1. The van der Waals surface area contributed by atoms with Crippen LogP contribution in [0.15, 0.2) is 28.7 Å². The first-order valence-corrected chi connectivity index (χ1v) is 7.18. The quantitative estimate of drug-likeness (QED) is 0.817. The summed E-state index contributed by atoms with van der Waals surface area (Å²) in [5.74, 6) is -0.897. The lowest BCUT2D eigenvalue weighted by atomic mass is 10.3. The van der Waals surface area contributed by atoms with Crippen LogP contribution < -0.4 is 4.90 Å². The smallest absolute Gasteiger partial charge is 0.360 e. The van der Waals surface area contributed by atoms with Crippen LogP contribution in [0.25, 0.3) is 5.69 Å². The van der Waals surface area contributed by atoms with Gasteiger partial charge in [-0.2, -0.15) is 0 Å². The fourth-order valence-electron chi connectivity index (χ4n) is 1.87. The molecule has 0 spiro atoms. The number of benzene rings is 1. The third-order valence-electron chi connectivity index (χ3n) is 2.91. The first kappa shape index (κ1) is 15.5. The van der Waals surface area contributed by atoms with Gasteiger partial charge in [0, 0.05) is 17.6 Å². The number of carboxylic acid groups (broad SMARTS) is 1. The van der Waals surface area contributed by atoms with E-state index in [9.17, 15) is 9.90 Å². The zero-order valence-electron chi connectivity index (χ0n) is 11.4. The van der Waals surface area contributed by atoms with Gasteiger partial charge in [0.15, 0.2) is 5.82 Å². The van der Waals surface area contributed by atoms with Gasteiger partial charge < -0.3 is 15.1 Å². The van der Waals surface area contributed by atoms with Crippen molar-refractivity contribution >= 4 is 27.7 Å². The van der Waals surface area contributed by atoms with Gasteiger partial charge in [-0.3, -0.25) is 0 Å². The number of aromatic carboxylic acids is 1. The Kier molecular flexibility index (Phi) is 4.92. The second-order valence-corrected chi connectivity index (χ2v) is 5.16. The molecular formula is C13H15BrN4O3. The number of rotatable bonds is 6. The largest absolute Gasteiger partial charge is 0.476 e. The average molecular weight is 355 g/mol. The maximum Gasteiger partial charge on any atom is 0.360 e. The van der Waals surface area contributed by atoms with E-state index in [0.717, 1.165) is 4.47 Å². The maximum atomic E-state index is 11.3. The highest BCUT2D eigenvalue weighted by Gasteiger charge is 2.22. The second kappa shape index (κ2) is 6.68. The minimum absolute atomic E-state index is 0.0853. The molecule has 0 bridgehead atoms. The molecule has 7 nitrogen and oxygen atoms in total. The van der Waals surface area contributed by atoms with Gasteiger partial charge in [-0.05, 0) is 31.2 Å². The normalized spacial score (nSPS) is 10.6. The van der Waals surface area contributed by atoms with Gasteiger partial charge in [-0.15, -0.1) is 15.0 Å². The van der Waals surface area contributed by atoms with Crippen LogP contribution in [0.5, 0.6) is 0 Å². The summed E-state index contributed by atoms with van der Waals surface area (Å²) in [5, 5.41) is 26.6. The number of nitrogens with zero attached hydrogens (tertiary/aromatic N) is 4. The molecule has 0 fully saturated rings. The number of hydrogen-bond donors (Lipinski definition) is 2. The summed E-state index contributed by atoms with van der Waals surface area (Å²) in [6.07, 6.45) is 0. The zero-order chi connectivity index (χ0) is 15.4. The molecule has 0 amide bonds. The third kappa shape index (κ3) is 3.40. The van der Waals surface area contributed by atoms with E-state index in [1.54, 1.807) is 17.0 Å². The molecule has 112 valence electrons. The number of likely N-dealkylation sites (N-methyl/N-ethyl adjacent to an activating group) is 1. The van der Waals surface area contributed by atoms with Gasteiger partial charge >= 0.3 is 5.97 Å². The molecule has 1 heterocycles. The number of hydrogen-bond acceptors (Lipinski definition) is 5. The van der Waals surface area contributed by atoms with Crippen LogP contribution in [0.3, 0.4) is 0 Å². The zero-order valence-corrected chi connectivity index (χ0v) is 13.0. The highest BCUT2D eigenvalue weighted by atomic mass is 79.9. The van der Waals surface area contributed by atoms with E-state index in [0.29, 0.717) is 18.8 Å². The molecule has 1 aromatic carbocycles. The standard InChI is InChI=1S/C13H15BrN4O3/c1-2-17(7-8-19)12-11(13(20)21)15-18(16-12)10-5-3-9(14)4-6-10/h3-6,19H,2,7-8H2,1H3,(H,20,21). The van der Waals surface area contributed by atoms with E-state index < -0.39 is 5.97 Å². The third-order valence-corrected chi connectivity index (χ3v) is 3.44. The van der Waals surface area contributed by atoms with Crippen LogP contribution in [0.2, 0.25) is 0 Å². The van der Waals surface area contributed by atoms with Gasteiger partial charge in [0.2, 0.25) is 5.69 Å². The second-order valence-electron chi connectivity index (χ2n) is 4.25. The summed E-state index contributed by atoms with van der Waals surface area (Å²) in [6, 6.07) is 7.21. The van der Waals surface area contributed by atoms with Gasteiger partial charge in [0.1, 0.15) is 0 Å². The van der Waals surface area contributed by atoms with Crippen LogP contribution in [0.1, 0.15) is 17.4 Å². The Hall–Kier alpha value is -1.93. The molecule has 0 aliphatic rings. The van der Waals surface area contributed by atoms with E-state index in [1.165, 1.54) is 4.80 Å². The summed E-state index contributed by atoms with van der Waals surface area (Å²) in [4.78, 5) is 14.3. The van der Waals surface area contributed by atoms with Crippen molar-refractivity contribution in [1.82, 2.24) is 15.0 Å². The lowest BCUT2D eigenvalue weighted by Gasteiger charge is -2.18. The average Bonchev–Trinajstić information content (AvgIpc) is 2.90. The Balaban J connectivity index is 2.45. The molecule has 1 aromatic heterocycles. The van der Waals surface area contributed by atoms with Gasteiger partial charge in [0.25, 0.3) is 0 Å². The number of carbonyl (C=O) groups is 1.